The van der Waals surface area contributed by atoms with E-state index in [9.17, 15) is 9.59 Å². The van der Waals surface area contributed by atoms with E-state index in [1.54, 1.807) is 42.5 Å². The second-order valence-electron chi connectivity index (χ2n) is 5.64. The number of carbonyl (C=O) groups is 2. The minimum absolute atomic E-state index is 0.00653. The van der Waals surface area contributed by atoms with E-state index >= 15 is 0 Å². The average molecular weight is 379 g/mol. The highest BCUT2D eigenvalue weighted by atomic mass is 35.5. The van der Waals surface area contributed by atoms with Crippen LogP contribution in [0.25, 0.3) is 0 Å². The molecule has 0 radical (unpaired) electrons. The van der Waals surface area contributed by atoms with Gasteiger partial charge in [-0.05, 0) is 49.2 Å². The summed E-state index contributed by atoms with van der Waals surface area (Å²) in [5, 5.41) is 6.26. The Morgan fingerprint density at radius 1 is 0.960 bits per heavy atom. The van der Waals surface area contributed by atoms with Gasteiger partial charge in [0.25, 0.3) is 5.91 Å². The highest BCUT2D eigenvalue weighted by molar-refractivity contribution is 6.44. The first-order valence-corrected chi connectivity index (χ1v) is 8.88. The molecule has 0 aliphatic heterocycles. The molecular formula is C19H20Cl2N2O2. The van der Waals surface area contributed by atoms with Gasteiger partial charge in [0, 0.05) is 17.2 Å². The molecule has 2 aromatic carbocycles. The summed E-state index contributed by atoms with van der Waals surface area (Å²) in [6.45, 7) is 3.98. The standard InChI is InChI=1S/C19H20Cl2N2O2/c1-3-12(4-2)18(24)22-14-10-8-13(9-11-14)19(25)23-16-7-5-6-15(20)17(16)21/h5-12H,3-4H2,1-2H3,(H,22,24)(H,23,25). The molecule has 25 heavy (non-hydrogen) atoms. The number of anilines is 2. The zero-order valence-corrected chi connectivity index (χ0v) is 15.6. The SMILES string of the molecule is CCC(CC)C(=O)Nc1ccc(C(=O)Nc2cccc(Cl)c2Cl)cc1. The maximum Gasteiger partial charge on any atom is 0.255 e. The Hall–Kier alpha value is -2.04. The van der Waals surface area contributed by atoms with E-state index in [0.29, 0.717) is 27.0 Å². The van der Waals surface area contributed by atoms with Gasteiger partial charge >= 0.3 is 0 Å². The van der Waals surface area contributed by atoms with E-state index in [1.807, 2.05) is 13.8 Å². The van der Waals surface area contributed by atoms with Crippen molar-refractivity contribution in [3.8, 4) is 0 Å². The summed E-state index contributed by atoms with van der Waals surface area (Å²) in [5.74, 6) is -0.317. The Kier molecular flexibility index (Phi) is 6.85. The molecule has 2 N–H and O–H groups in total. The Morgan fingerprint density at radius 3 is 2.20 bits per heavy atom. The van der Waals surface area contributed by atoms with Crippen LogP contribution in [-0.4, -0.2) is 11.8 Å². The largest absolute Gasteiger partial charge is 0.326 e. The monoisotopic (exact) mass is 378 g/mol. The molecule has 4 nitrogen and oxygen atoms in total. The number of carbonyl (C=O) groups excluding carboxylic acids is 2. The maximum absolute atomic E-state index is 12.3. The smallest absolute Gasteiger partial charge is 0.255 e. The van der Waals surface area contributed by atoms with Crippen molar-refractivity contribution in [3.63, 3.8) is 0 Å². The quantitative estimate of drug-likeness (QED) is 0.684. The summed E-state index contributed by atoms with van der Waals surface area (Å²) in [7, 11) is 0. The van der Waals surface area contributed by atoms with Crippen molar-refractivity contribution in [3.05, 3.63) is 58.1 Å². The minimum atomic E-state index is -0.304. The van der Waals surface area contributed by atoms with E-state index in [0.717, 1.165) is 12.8 Å². The molecule has 2 rings (SSSR count). The first kappa shape index (κ1) is 19.3. The Balaban J connectivity index is 2.05. The molecular weight excluding hydrogens is 359 g/mol. The van der Waals surface area contributed by atoms with Gasteiger partial charge in [-0.15, -0.1) is 0 Å². The second-order valence-corrected chi connectivity index (χ2v) is 6.42. The number of benzene rings is 2. The van der Waals surface area contributed by atoms with Crippen molar-refractivity contribution in [2.75, 3.05) is 10.6 Å². The van der Waals surface area contributed by atoms with Crippen molar-refractivity contribution in [1.82, 2.24) is 0 Å². The second kappa shape index (κ2) is 8.88. The first-order valence-electron chi connectivity index (χ1n) is 8.12. The summed E-state index contributed by atoms with van der Waals surface area (Å²) < 4.78 is 0. The first-order chi connectivity index (χ1) is 12.0. The highest BCUT2D eigenvalue weighted by Gasteiger charge is 2.15. The molecule has 2 amide bonds. The highest BCUT2D eigenvalue weighted by Crippen LogP contribution is 2.29. The lowest BCUT2D eigenvalue weighted by Gasteiger charge is -2.13. The van der Waals surface area contributed by atoms with E-state index in [2.05, 4.69) is 10.6 Å². The molecule has 0 aliphatic carbocycles. The zero-order chi connectivity index (χ0) is 18.4. The van der Waals surface area contributed by atoms with Gasteiger partial charge in [0.2, 0.25) is 5.91 Å². The van der Waals surface area contributed by atoms with Crippen LogP contribution in [0.5, 0.6) is 0 Å². The third-order valence-corrected chi connectivity index (χ3v) is 4.79. The molecule has 0 fully saturated rings. The number of nitrogens with one attached hydrogen (secondary N) is 2. The van der Waals surface area contributed by atoms with Crippen LogP contribution in [0.15, 0.2) is 42.5 Å². The lowest BCUT2D eigenvalue weighted by molar-refractivity contribution is -0.120. The van der Waals surface area contributed by atoms with Crippen LogP contribution in [-0.2, 0) is 4.79 Å². The molecule has 0 spiro atoms. The fourth-order valence-electron chi connectivity index (χ4n) is 2.40. The molecule has 6 heteroatoms. The summed E-state index contributed by atoms with van der Waals surface area (Å²) >= 11 is 12.0. The number of hydrogen-bond acceptors (Lipinski definition) is 2. The van der Waals surface area contributed by atoms with Crippen molar-refractivity contribution >= 4 is 46.4 Å². The predicted molar refractivity (Wildman–Crippen MR) is 104 cm³/mol. The summed E-state index contributed by atoms with van der Waals surface area (Å²) in [6, 6.07) is 11.7. The normalized spacial score (nSPS) is 10.6. The van der Waals surface area contributed by atoms with Gasteiger partial charge in [0.15, 0.2) is 0 Å². The van der Waals surface area contributed by atoms with E-state index < -0.39 is 0 Å². The predicted octanol–water partition coefficient (Wildman–Crippen LogP) is 5.62. The molecule has 0 saturated carbocycles. The summed E-state index contributed by atoms with van der Waals surface area (Å²) in [4.78, 5) is 24.4. The molecule has 0 unspecified atom stereocenters. The third kappa shape index (κ3) is 4.97. The minimum Gasteiger partial charge on any atom is -0.326 e. The van der Waals surface area contributed by atoms with Gasteiger partial charge < -0.3 is 10.6 Å². The van der Waals surface area contributed by atoms with Crippen LogP contribution < -0.4 is 10.6 Å². The van der Waals surface area contributed by atoms with E-state index in [1.165, 1.54) is 0 Å². The van der Waals surface area contributed by atoms with Crippen molar-refractivity contribution in [1.29, 1.82) is 0 Å². The van der Waals surface area contributed by atoms with Gasteiger partial charge in [-0.2, -0.15) is 0 Å². The topological polar surface area (TPSA) is 58.2 Å². The van der Waals surface area contributed by atoms with Crippen LogP contribution in [0.3, 0.4) is 0 Å². The Bertz CT molecular complexity index is 757. The van der Waals surface area contributed by atoms with Crippen molar-refractivity contribution in [2.45, 2.75) is 26.7 Å². The van der Waals surface area contributed by atoms with Gasteiger partial charge in [0.05, 0.1) is 15.7 Å². The van der Waals surface area contributed by atoms with Gasteiger partial charge in [-0.3, -0.25) is 9.59 Å². The molecule has 0 aromatic heterocycles. The molecule has 0 saturated heterocycles. The molecule has 2 aromatic rings. The van der Waals surface area contributed by atoms with Gasteiger partial charge in [-0.1, -0.05) is 43.1 Å². The lowest BCUT2D eigenvalue weighted by Crippen LogP contribution is -2.21. The van der Waals surface area contributed by atoms with Crippen molar-refractivity contribution < 1.29 is 9.59 Å². The molecule has 132 valence electrons. The number of halogens is 2. The molecule has 0 atom stereocenters. The average Bonchev–Trinajstić information content (AvgIpc) is 2.60. The molecule has 0 heterocycles. The van der Waals surface area contributed by atoms with Crippen LogP contribution in [0.4, 0.5) is 11.4 Å². The summed E-state index contributed by atoms with van der Waals surface area (Å²) in [6.07, 6.45) is 1.59. The van der Waals surface area contributed by atoms with Crippen LogP contribution >= 0.6 is 23.2 Å². The molecule has 0 aliphatic rings. The summed E-state index contributed by atoms with van der Waals surface area (Å²) in [5.41, 5.74) is 1.57. The fourth-order valence-corrected chi connectivity index (χ4v) is 2.75. The number of amides is 2. The van der Waals surface area contributed by atoms with E-state index in [-0.39, 0.29) is 17.7 Å². The van der Waals surface area contributed by atoms with E-state index in [4.69, 9.17) is 23.2 Å². The van der Waals surface area contributed by atoms with Gasteiger partial charge in [-0.25, -0.2) is 0 Å². The van der Waals surface area contributed by atoms with Crippen LogP contribution in [0, 0.1) is 5.92 Å². The number of rotatable bonds is 6. The van der Waals surface area contributed by atoms with Crippen molar-refractivity contribution in [2.24, 2.45) is 5.92 Å². The Labute approximate surface area is 157 Å². The van der Waals surface area contributed by atoms with Gasteiger partial charge in [0.1, 0.15) is 0 Å². The third-order valence-electron chi connectivity index (χ3n) is 3.97. The molecule has 0 bridgehead atoms. The van der Waals surface area contributed by atoms with Crippen LogP contribution in [0.2, 0.25) is 10.0 Å². The maximum atomic E-state index is 12.3. The fraction of sp³-hybridized carbons (Fsp3) is 0.263. The Morgan fingerprint density at radius 2 is 1.60 bits per heavy atom. The number of hydrogen-bond donors (Lipinski definition) is 2. The zero-order valence-electron chi connectivity index (χ0n) is 14.1. The lowest BCUT2D eigenvalue weighted by atomic mass is 10.0. The van der Waals surface area contributed by atoms with Crippen LogP contribution in [0.1, 0.15) is 37.0 Å².